The fraction of sp³-hybridized carbons (Fsp3) is 0.0435. The van der Waals surface area contributed by atoms with Gasteiger partial charge in [0.15, 0.2) is 5.96 Å². The fourth-order valence-electron chi connectivity index (χ4n) is 2.98. The zero-order valence-electron chi connectivity index (χ0n) is 15.8. The second-order valence-electron chi connectivity index (χ2n) is 6.57. The van der Waals surface area contributed by atoms with E-state index in [1.54, 1.807) is 49.4 Å². The van der Waals surface area contributed by atoms with Crippen LogP contribution in [0, 0.1) is 0 Å². The van der Waals surface area contributed by atoms with E-state index < -0.39 is 5.91 Å². The van der Waals surface area contributed by atoms with Crippen LogP contribution in [-0.4, -0.2) is 22.1 Å². The number of phenolic OH excluding ortho intramolecular Hbond substituents is 2. The number of rotatable bonds is 4. The molecule has 0 aromatic heterocycles. The summed E-state index contributed by atoms with van der Waals surface area (Å²) in [4.78, 5) is 15.7. The third kappa shape index (κ3) is 4.81. The highest BCUT2D eigenvalue weighted by atomic mass is 16.3. The van der Waals surface area contributed by atoms with E-state index in [4.69, 9.17) is 11.5 Å². The smallest absolute Gasteiger partial charge is 0.275 e. The van der Waals surface area contributed by atoms with Crippen LogP contribution in [0.15, 0.2) is 77.3 Å². The van der Waals surface area contributed by atoms with E-state index in [1.165, 1.54) is 0 Å². The van der Waals surface area contributed by atoms with Gasteiger partial charge in [0.1, 0.15) is 11.5 Å². The Hall–Kier alpha value is -4.06. The van der Waals surface area contributed by atoms with Crippen molar-refractivity contribution in [2.75, 3.05) is 0 Å². The Bertz CT molecular complexity index is 1130. The number of hydrogen-bond donors (Lipinski definition) is 4. The predicted molar refractivity (Wildman–Crippen MR) is 115 cm³/mol. The maximum atomic E-state index is 12.2. The van der Waals surface area contributed by atoms with Crippen LogP contribution in [0.3, 0.4) is 0 Å². The van der Waals surface area contributed by atoms with E-state index in [1.807, 2.05) is 30.3 Å². The first-order chi connectivity index (χ1) is 13.8. The van der Waals surface area contributed by atoms with Crippen molar-refractivity contribution in [1.82, 2.24) is 0 Å². The highest BCUT2D eigenvalue weighted by molar-refractivity contribution is 6.04. The van der Waals surface area contributed by atoms with Gasteiger partial charge < -0.3 is 21.7 Å². The minimum atomic E-state index is -0.533. The molecular weight excluding hydrogens is 366 g/mol. The molecule has 0 aliphatic heterocycles. The SMILES string of the molecule is C/C(=C\c1cc(-c2cccc(O)c2)ccc1-c1cccc(O)c1)C(=O)N=C(N)N. The van der Waals surface area contributed by atoms with Crippen LogP contribution in [0.4, 0.5) is 0 Å². The third-order valence-electron chi connectivity index (χ3n) is 4.33. The zero-order chi connectivity index (χ0) is 21.0. The van der Waals surface area contributed by atoms with Crippen LogP contribution in [0.1, 0.15) is 12.5 Å². The maximum Gasteiger partial charge on any atom is 0.275 e. The molecule has 0 saturated heterocycles. The van der Waals surface area contributed by atoms with Crippen molar-refractivity contribution in [2.45, 2.75) is 6.92 Å². The van der Waals surface area contributed by atoms with Crippen molar-refractivity contribution >= 4 is 17.9 Å². The Balaban J connectivity index is 2.16. The molecule has 0 atom stereocenters. The van der Waals surface area contributed by atoms with Gasteiger partial charge in [0.25, 0.3) is 5.91 Å². The number of amides is 1. The largest absolute Gasteiger partial charge is 0.508 e. The second kappa shape index (κ2) is 8.31. The van der Waals surface area contributed by atoms with E-state index in [-0.39, 0.29) is 17.5 Å². The number of nitrogens with zero attached hydrogens (tertiary/aromatic N) is 1. The molecule has 0 unspecified atom stereocenters. The Labute approximate surface area is 168 Å². The molecule has 0 aliphatic rings. The molecule has 0 fully saturated rings. The van der Waals surface area contributed by atoms with Gasteiger partial charge in [0.2, 0.25) is 0 Å². The molecule has 6 N–H and O–H groups in total. The van der Waals surface area contributed by atoms with E-state index in [0.29, 0.717) is 5.57 Å². The molecule has 0 aliphatic carbocycles. The van der Waals surface area contributed by atoms with Crippen molar-refractivity contribution in [1.29, 1.82) is 0 Å². The summed E-state index contributed by atoms with van der Waals surface area (Å²) in [6, 6.07) is 19.5. The van der Waals surface area contributed by atoms with Crippen molar-refractivity contribution < 1.29 is 15.0 Å². The van der Waals surface area contributed by atoms with Gasteiger partial charge in [-0.3, -0.25) is 4.79 Å². The van der Waals surface area contributed by atoms with Gasteiger partial charge in [0.05, 0.1) is 0 Å². The Kier molecular flexibility index (Phi) is 5.64. The van der Waals surface area contributed by atoms with Gasteiger partial charge >= 0.3 is 0 Å². The van der Waals surface area contributed by atoms with E-state index in [0.717, 1.165) is 27.8 Å². The summed E-state index contributed by atoms with van der Waals surface area (Å²) in [5.74, 6) is -0.530. The summed E-state index contributed by atoms with van der Waals surface area (Å²) in [5.41, 5.74) is 15.0. The normalized spacial score (nSPS) is 11.1. The number of hydrogen-bond acceptors (Lipinski definition) is 3. The highest BCUT2D eigenvalue weighted by Crippen LogP contribution is 2.33. The number of benzene rings is 3. The number of nitrogens with two attached hydrogens (primary N) is 2. The molecule has 0 saturated carbocycles. The molecule has 29 heavy (non-hydrogen) atoms. The molecule has 0 bridgehead atoms. The lowest BCUT2D eigenvalue weighted by Gasteiger charge is -2.11. The van der Waals surface area contributed by atoms with Crippen molar-refractivity contribution in [3.8, 4) is 33.8 Å². The van der Waals surface area contributed by atoms with Crippen LogP contribution in [-0.2, 0) is 4.79 Å². The van der Waals surface area contributed by atoms with Gasteiger partial charge in [-0.1, -0.05) is 36.4 Å². The van der Waals surface area contributed by atoms with Crippen LogP contribution in [0.2, 0.25) is 0 Å². The maximum absolute atomic E-state index is 12.2. The first-order valence-electron chi connectivity index (χ1n) is 8.88. The second-order valence-corrected chi connectivity index (χ2v) is 6.57. The Morgan fingerprint density at radius 1 is 0.862 bits per heavy atom. The lowest BCUT2D eigenvalue weighted by atomic mass is 9.93. The monoisotopic (exact) mass is 387 g/mol. The van der Waals surface area contributed by atoms with Crippen LogP contribution in [0.5, 0.6) is 11.5 Å². The molecule has 1 amide bonds. The van der Waals surface area contributed by atoms with Gasteiger partial charge in [-0.05, 0) is 71.1 Å². The van der Waals surface area contributed by atoms with Crippen molar-refractivity contribution in [3.05, 3.63) is 77.9 Å². The summed E-state index contributed by atoms with van der Waals surface area (Å²) in [6.07, 6.45) is 1.69. The van der Waals surface area contributed by atoms with Crippen LogP contribution in [0.25, 0.3) is 28.3 Å². The van der Waals surface area contributed by atoms with E-state index >= 15 is 0 Å². The summed E-state index contributed by atoms with van der Waals surface area (Å²) < 4.78 is 0. The Morgan fingerprint density at radius 3 is 2.07 bits per heavy atom. The number of guanidine groups is 1. The minimum Gasteiger partial charge on any atom is -0.508 e. The molecule has 3 aromatic rings. The number of aromatic hydroxyl groups is 2. The highest BCUT2D eigenvalue weighted by Gasteiger charge is 2.10. The number of carbonyl (C=O) groups excluding carboxylic acids is 1. The molecule has 3 aromatic carbocycles. The topological polar surface area (TPSA) is 122 Å². The minimum absolute atomic E-state index is 0.141. The molecule has 0 spiro atoms. The lowest BCUT2D eigenvalue weighted by Crippen LogP contribution is -2.24. The van der Waals surface area contributed by atoms with E-state index in [2.05, 4.69) is 4.99 Å². The molecule has 3 rings (SSSR count). The van der Waals surface area contributed by atoms with Gasteiger partial charge in [-0.2, -0.15) is 4.99 Å². The third-order valence-corrected chi connectivity index (χ3v) is 4.33. The molecule has 6 heteroatoms. The molecule has 0 heterocycles. The quantitative estimate of drug-likeness (QED) is 0.309. The van der Waals surface area contributed by atoms with Crippen molar-refractivity contribution in [3.63, 3.8) is 0 Å². The van der Waals surface area contributed by atoms with E-state index in [9.17, 15) is 15.0 Å². The van der Waals surface area contributed by atoms with Gasteiger partial charge in [-0.15, -0.1) is 0 Å². The summed E-state index contributed by atoms with van der Waals surface area (Å²) in [6.45, 7) is 1.63. The molecule has 0 radical (unpaired) electrons. The summed E-state index contributed by atoms with van der Waals surface area (Å²) >= 11 is 0. The standard InChI is InChI=1S/C23H21N3O3/c1-14(22(29)26-23(24)25)10-18-11-16(15-4-2-6-19(27)12-15)8-9-21(18)17-5-3-7-20(28)13-17/h2-13,27-28H,1H3,(H4,24,25,26,29)/b14-10+. The number of phenols is 2. The average molecular weight is 387 g/mol. The van der Waals surface area contributed by atoms with Crippen LogP contribution >= 0.6 is 0 Å². The molecule has 6 nitrogen and oxygen atoms in total. The zero-order valence-corrected chi connectivity index (χ0v) is 15.8. The summed E-state index contributed by atoms with van der Waals surface area (Å²) in [7, 11) is 0. The predicted octanol–water partition coefficient (Wildman–Crippen LogP) is 3.64. The van der Waals surface area contributed by atoms with Crippen molar-refractivity contribution in [2.24, 2.45) is 16.5 Å². The first-order valence-corrected chi connectivity index (χ1v) is 8.88. The molecular formula is C23H21N3O3. The summed E-state index contributed by atoms with van der Waals surface area (Å²) in [5, 5.41) is 19.6. The van der Waals surface area contributed by atoms with Gasteiger partial charge in [0, 0.05) is 5.57 Å². The number of carbonyl (C=O) groups is 1. The average Bonchev–Trinajstić information content (AvgIpc) is 2.67. The Morgan fingerprint density at radius 2 is 1.45 bits per heavy atom. The number of aliphatic imine (C=N–C) groups is 1. The fourth-order valence-corrected chi connectivity index (χ4v) is 2.98. The molecule has 146 valence electrons. The van der Waals surface area contributed by atoms with Crippen LogP contribution < -0.4 is 11.5 Å². The first kappa shape index (κ1) is 19.7. The van der Waals surface area contributed by atoms with Gasteiger partial charge in [-0.25, -0.2) is 0 Å². The lowest BCUT2D eigenvalue weighted by molar-refractivity contribution is -0.114.